The Hall–Kier alpha value is -1.86. The molecule has 0 aromatic carbocycles. The Morgan fingerprint density at radius 3 is 2.68 bits per heavy atom. The van der Waals surface area contributed by atoms with Crippen LogP contribution in [0.4, 0.5) is 10.3 Å². The van der Waals surface area contributed by atoms with Crippen LogP contribution in [-0.2, 0) is 6.54 Å². The molecule has 2 atom stereocenters. The Balaban J connectivity index is 1.59. The summed E-state index contributed by atoms with van der Waals surface area (Å²) in [5.74, 6) is 1.19. The zero-order valence-electron chi connectivity index (χ0n) is 11.9. The summed E-state index contributed by atoms with van der Waals surface area (Å²) in [6.45, 7) is 1.50. The van der Waals surface area contributed by atoms with Gasteiger partial charge in [0.15, 0.2) is 0 Å². The fourth-order valence-electron chi connectivity index (χ4n) is 2.53. The second-order valence-corrected chi connectivity index (χ2v) is 5.62. The van der Waals surface area contributed by atoms with Crippen molar-refractivity contribution in [1.82, 2.24) is 24.8 Å². The highest BCUT2D eigenvalue weighted by molar-refractivity contribution is 6.30. The molecular weight excluding hydrogens is 307 g/mol. The van der Waals surface area contributed by atoms with Crippen LogP contribution in [0.1, 0.15) is 12.2 Å². The van der Waals surface area contributed by atoms with Crippen LogP contribution in [0.15, 0.2) is 30.9 Å². The number of hydrogen-bond acceptors (Lipinski definition) is 6. The quantitative estimate of drug-likeness (QED) is 0.907. The molecule has 2 aromatic heterocycles. The first-order valence-electron chi connectivity index (χ1n) is 7.06. The number of halogens is 2. The summed E-state index contributed by atoms with van der Waals surface area (Å²) in [6.07, 6.45) is 6.09. The summed E-state index contributed by atoms with van der Waals surface area (Å²) < 4.78 is 13.7. The second kappa shape index (κ2) is 6.93. The van der Waals surface area contributed by atoms with Crippen molar-refractivity contribution >= 4 is 17.5 Å². The molecule has 1 fully saturated rings. The fraction of sp³-hybridized carbons (Fsp3) is 0.429. The molecule has 3 heterocycles. The standard InChI is InChI=1S/C14H16ClFN6/c15-10-5-19-14(20-6-10)21-7-12-4-11(16)8-22(12)9-13-17-2-1-3-18-13/h1-3,5-6,11-12H,4,7-9H2,(H,19,20,21)/t11-,12-/m0/s1. The van der Waals surface area contributed by atoms with E-state index < -0.39 is 6.17 Å². The van der Waals surface area contributed by atoms with Crippen molar-refractivity contribution in [3.63, 3.8) is 0 Å². The average molecular weight is 323 g/mol. The van der Waals surface area contributed by atoms with Gasteiger partial charge in [0.1, 0.15) is 12.0 Å². The van der Waals surface area contributed by atoms with Gasteiger partial charge in [-0.05, 0) is 12.5 Å². The lowest BCUT2D eigenvalue weighted by molar-refractivity contribution is 0.235. The Morgan fingerprint density at radius 2 is 1.95 bits per heavy atom. The molecule has 0 aliphatic carbocycles. The van der Waals surface area contributed by atoms with E-state index in [1.807, 2.05) is 4.90 Å². The van der Waals surface area contributed by atoms with Gasteiger partial charge in [0.25, 0.3) is 0 Å². The number of rotatable bonds is 5. The molecule has 1 saturated heterocycles. The van der Waals surface area contributed by atoms with E-state index in [1.54, 1.807) is 18.5 Å². The largest absolute Gasteiger partial charge is 0.353 e. The molecule has 0 amide bonds. The third-order valence-corrected chi connectivity index (χ3v) is 3.75. The molecule has 6 nitrogen and oxygen atoms in total. The minimum Gasteiger partial charge on any atom is -0.353 e. The summed E-state index contributed by atoms with van der Waals surface area (Å²) in [5, 5.41) is 3.60. The summed E-state index contributed by atoms with van der Waals surface area (Å²) in [5.41, 5.74) is 0. The number of aromatic nitrogens is 4. The maximum atomic E-state index is 13.7. The molecule has 0 radical (unpaired) electrons. The topological polar surface area (TPSA) is 66.8 Å². The molecule has 1 N–H and O–H groups in total. The molecule has 3 rings (SSSR count). The summed E-state index contributed by atoms with van der Waals surface area (Å²) in [6, 6.07) is 1.82. The third kappa shape index (κ3) is 3.86. The molecule has 1 aliphatic rings. The van der Waals surface area contributed by atoms with Gasteiger partial charge in [0.05, 0.1) is 24.0 Å². The van der Waals surface area contributed by atoms with Crippen molar-refractivity contribution in [3.8, 4) is 0 Å². The van der Waals surface area contributed by atoms with Crippen molar-refractivity contribution in [2.24, 2.45) is 0 Å². The second-order valence-electron chi connectivity index (χ2n) is 5.19. The number of nitrogens with zero attached hydrogens (tertiary/aromatic N) is 5. The van der Waals surface area contributed by atoms with Crippen LogP contribution in [0.5, 0.6) is 0 Å². The van der Waals surface area contributed by atoms with E-state index >= 15 is 0 Å². The molecule has 0 bridgehead atoms. The van der Waals surface area contributed by atoms with Crippen molar-refractivity contribution in [2.75, 3.05) is 18.4 Å². The smallest absolute Gasteiger partial charge is 0.222 e. The van der Waals surface area contributed by atoms with Gasteiger partial charge in [-0.1, -0.05) is 11.6 Å². The van der Waals surface area contributed by atoms with Gasteiger partial charge in [-0.3, -0.25) is 4.90 Å². The average Bonchev–Trinajstić information content (AvgIpc) is 2.87. The van der Waals surface area contributed by atoms with Crippen molar-refractivity contribution in [1.29, 1.82) is 0 Å². The van der Waals surface area contributed by atoms with Crippen LogP contribution >= 0.6 is 11.6 Å². The highest BCUT2D eigenvalue weighted by Crippen LogP contribution is 2.22. The molecule has 8 heteroatoms. The van der Waals surface area contributed by atoms with Crippen LogP contribution in [0.2, 0.25) is 5.02 Å². The summed E-state index contributed by atoms with van der Waals surface area (Å²) in [4.78, 5) is 18.6. The first kappa shape index (κ1) is 15.1. The van der Waals surface area contributed by atoms with Gasteiger partial charge in [-0.15, -0.1) is 0 Å². The lowest BCUT2D eigenvalue weighted by Gasteiger charge is -2.23. The monoisotopic (exact) mass is 322 g/mol. The molecule has 116 valence electrons. The molecular formula is C14H16ClFN6. The van der Waals surface area contributed by atoms with Crippen LogP contribution in [0.25, 0.3) is 0 Å². The molecule has 1 aliphatic heterocycles. The van der Waals surface area contributed by atoms with Gasteiger partial charge < -0.3 is 5.32 Å². The van der Waals surface area contributed by atoms with Gasteiger partial charge in [-0.25, -0.2) is 24.3 Å². The van der Waals surface area contributed by atoms with E-state index in [4.69, 9.17) is 11.6 Å². The van der Waals surface area contributed by atoms with Crippen molar-refractivity contribution in [2.45, 2.75) is 25.2 Å². The number of hydrogen-bond donors (Lipinski definition) is 1. The van der Waals surface area contributed by atoms with Gasteiger partial charge >= 0.3 is 0 Å². The molecule has 2 aromatic rings. The summed E-state index contributed by atoms with van der Waals surface area (Å²) >= 11 is 5.75. The minimum atomic E-state index is -0.832. The van der Waals surface area contributed by atoms with Gasteiger partial charge in [0, 0.05) is 31.5 Å². The lowest BCUT2D eigenvalue weighted by atomic mass is 10.2. The van der Waals surface area contributed by atoms with E-state index in [9.17, 15) is 4.39 Å². The number of nitrogens with one attached hydrogen (secondary N) is 1. The number of alkyl halides is 1. The summed E-state index contributed by atoms with van der Waals surface area (Å²) in [7, 11) is 0. The highest BCUT2D eigenvalue weighted by Gasteiger charge is 2.32. The highest BCUT2D eigenvalue weighted by atomic mass is 35.5. The molecule has 0 saturated carbocycles. The van der Waals surface area contributed by atoms with E-state index in [-0.39, 0.29) is 6.04 Å². The molecule has 22 heavy (non-hydrogen) atoms. The Kier molecular flexibility index (Phi) is 4.74. The first-order chi connectivity index (χ1) is 10.7. The van der Waals surface area contributed by atoms with Crippen LogP contribution in [0, 0.1) is 0 Å². The zero-order chi connectivity index (χ0) is 15.4. The maximum Gasteiger partial charge on any atom is 0.222 e. The molecule has 0 spiro atoms. The van der Waals surface area contributed by atoms with Crippen LogP contribution in [0.3, 0.4) is 0 Å². The van der Waals surface area contributed by atoms with E-state index in [2.05, 4.69) is 25.3 Å². The predicted octanol–water partition coefficient (Wildman–Crippen LogP) is 1.94. The van der Waals surface area contributed by atoms with Gasteiger partial charge in [0.2, 0.25) is 5.95 Å². The van der Waals surface area contributed by atoms with E-state index in [0.29, 0.717) is 42.9 Å². The normalized spacial score (nSPS) is 21.9. The number of anilines is 1. The van der Waals surface area contributed by atoms with E-state index in [0.717, 1.165) is 0 Å². The SMILES string of the molecule is F[C@H]1C[C@@H](CNc2ncc(Cl)cn2)N(Cc2ncccn2)C1. The Bertz CT molecular complexity index is 596. The number of likely N-dealkylation sites (tertiary alicyclic amines) is 1. The van der Waals surface area contributed by atoms with Gasteiger partial charge in [-0.2, -0.15) is 0 Å². The van der Waals surface area contributed by atoms with Crippen LogP contribution < -0.4 is 5.32 Å². The van der Waals surface area contributed by atoms with Crippen molar-refractivity contribution in [3.05, 3.63) is 41.7 Å². The lowest BCUT2D eigenvalue weighted by Crippen LogP contribution is -2.35. The Morgan fingerprint density at radius 1 is 1.23 bits per heavy atom. The zero-order valence-corrected chi connectivity index (χ0v) is 12.6. The minimum absolute atomic E-state index is 0.0538. The third-order valence-electron chi connectivity index (χ3n) is 3.56. The Labute approximate surface area is 132 Å². The van der Waals surface area contributed by atoms with Crippen LogP contribution in [-0.4, -0.2) is 50.1 Å². The fourth-order valence-corrected chi connectivity index (χ4v) is 2.63. The van der Waals surface area contributed by atoms with E-state index in [1.165, 1.54) is 12.4 Å². The van der Waals surface area contributed by atoms with Crippen molar-refractivity contribution < 1.29 is 4.39 Å². The predicted molar refractivity (Wildman–Crippen MR) is 81.3 cm³/mol. The molecule has 0 unspecified atom stereocenters. The maximum absolute atomic E-state index is 13.7. The first-order valence-corrected chi connectivity index (χ1v) is 7.44.